The first kappa shape index (κ1) is 13.3. The van der Waals surface area contributed by atoms with E-state index in [-0.39, 0.29) is 0 Å². The van der Waals surface area contributed by atoms with Gasteiger partial charge >= 0.3 is 6.01 Å². The highest BCUT2D eigenvalue weighted by atomic mass is 16.4. The molecule has 18 heavy (non-hydrogen) atoms. The molecule has 1 unspecified atom stereocenters. The van der Waals surface area contributed by atoms with E-state index in [2.05, 4.69) is 34.3 Å². The second-order valence-corrected chi connectivity index (χ2v) is 4.89. The summed E-state index contributed by atoms with van der Waals surface area (Å²) in [6, 6.07) is 1.29. The summed E-state index contributed by atoms with van der Waals surface area (Å²) in [4.78, 5) is 2.30. The lowest BCUT2D eigenvalue weighted by atomic mass is 9.99. The number of aromatic nitrogens is 2. The van der Waals surface area contributed by atoms with E-state index in [0.29, 0.717) is 24.5 Å². The molecule has 1 aliphatic heterocycles. The van der Waals surface area contributed by atoms with Crippen LogP contribution in [0.25, 0.3) is 0 Å². The van der Waals surface area contributed by atoms with Crippen LogP contribution >= 0.6 is 0 Å². The van der Waals surface area contributed by atoms with Gasteiger partial charge in [-0.05, 0) is 32.2 Å². The summed E-state index contributed by atoms with van der Waals surface area (Å²) in [5, 5.41) is 11.5. The Bertz CT molecular complexity index is 351. The Morgan fingerprint density at radius 2 is 2.22 bits per heavy atom. The molecule has 1 atom stereocenters. The van der Waals surface area contributed by atoms with Gasteiger partial charge < -0.3 is 14.6 Å². The number of rotatable bonds is 6. The zero-order valence-corrected chi connectivity index (χ0v) is 11.5. The normalized spacial score (nSPS) is 20.3. The smallest absolute Gasteiger partial charge is 0.318 e. The van der Waals surface area contributed by atoms with Crippen LogP contribution in [-0.2, 0) is 6.54 Å². The Kier molecular flexibility index (Phi) is 4.99. The molecule has 102 valence electrons. The lowest BCUT2D eigenvalue weighted by Crippen LogP contribution is -2.39. The number of piperidine rings is 1. The van der Waals surface area contributed by atoms with Crippen LogP contribution in [0.3, 0.4) is 0 Å². The lowest BCUT2D eigenvalue weighted by molar-refractivity contribution is 0.388. The van der Waals surface area contributed by atoms with E-state index in [1.54, 1.807) is 0 Å². The summed E-state index contributed by atoms with van der Waals surface area (Å²) in [5.74, 6) is 0.688. The van der Waals surface area contributed by atoms with Crippen molar-refractivity contribution >= 4 is 6.01 Å². The van der Waals surface area contributed by atoms with E-state index >= 15 is 0 Å². The molecule has 1 N–H and O–H groups in total. The van der Waals surface area contributed by atoms with Crippen molar-refractivity contribution in [2.24, 2.45) is 0 Å². The Morgan fingerprint density at radius 1 is 1.33 bits per heavy atom. The van der Waals surface area contributed by atoms with Gasteiger partial charge in [0.1, 0.15) is 0 Å². The fourth-order valence-corrected chi connectivity index (χ4v) is 2.55. The minimum atomic E-state index is 0.580. The van der Waals surface area contributed by atoms with Gasteiger partial charge in [0.15, 0.2) is 0 Å². The number of nitrogens with zero attached hydrogens (tertiary/aromatic N) is 3. The maximum Gasteiger partial charge on any atom is 0.318 e. The first-order valence-corrected chi connectivity index (χ1v) is 7.14. The van der Waals surface area contributed by atoms with E-state index in [1.807, 2.05) is 0 Å². The average molecular weight is 252 g/mol. The summed E-state index contributed by atoms with van der Waals surface area (Å²) in [7, 11) is 0. The van der Waals surface area contributed by atoms with Gasteiger partial charge in [0, 0.05) is 12.6 Å². The first-order valence-electron chi connectivity index (χ1n) is 7.14. The Balaban J connectivity index is 2.01. The highest BCUT2D eigenvalue weighted by Gasteiger charge is 2.25. The van der Waals surface area contributed by atoms with Crippen LogP contribution < -0.4 is 10.2 Å². The largest absolute Gasteiger partial charge is 0.407 e. The van der Waals surface area contributed by atoms with Crippen molar-refractivity contribution in [2.45, 2.75) is 58.5 Å². The molecule has 2 rings (SSSR count). The first-order chi connectivity index (χ1) is 8.85. The molecule has 0 saturated carbocycles. The summed E-state index contributed by atoms with van der Waals surface area (Å²) in [5.41, 5.74) is 0. The van der Waals surface area contributed by atoms with Crippen LogP contribution in [0.15, 0.2) is 4.42 Å². The number of nitrogens with one attached hydrogen (secondary N) is 1. The topological polar surface area (TPSA) is 54.2 Å². The SMILES string of the molecule is CCCC1CCCCN1c1nnc(CNCC)o1. The Morgan fingerprint density at radius 3 is 3.00 bits per heavy atom. The van der Waals surface area contributed by atoms with E-state index in [0.717, 1.165) is 13.1 Å². The molecule has 1 aliphatic rings. The maximum absolute atomic E-state index is 5.74. The van der Waals surface area contributed by atoms with Gasteiger partial charge in [-0.2, -0.15) is 0 Å². The third-order valence-corrected chi connectivity index (χ3v) is 3.48. The molecule has 5 heteroatoms. The van der Waals surface area contributed by atoms with Crippen molar-refractivity contribution < 1.29 is 4.42 Å². The van der Waals surface area contributed by atoms with Crippen LogP contribution in [-0.4, -0.2) is 29.3 Å². The molecule has 5 nitrogen and oxygen atoms in total. The molecule has 1 saturated heterocycles. The molecule has 0 spiro atoms. The molecule has 2 heterocycles. The molecule has 0 radical (unpaired) electrons. The zero-order chi connectivity index (χ0) is 12.8. The minimum absolute atomic E-state index is 0.580. The number of hydrogen-bond donors (Lipinski definition) is 1. The monoisotopic (exact) mass is 252 g/mol. The third kappa shape index (κ3) is 3.22. The van der Waals surface area contributed by atoms with Gasteiger partial charge in [-0.25, -0.2) is 0 Å². The van der Waals surface area contributed by atoms with E-state index in [9.17, 15) is 0 Å². The van der Waals surface area contributed by atoms with Crippen molar-refractivity contribution in [3.05, 3.63) is 5.89 Å². The predicted molar refractivity (Wildman–Crippen MR) is 71.6 cm³/mol. The Hall–Kier alpha value is -1.10. The third-order valence-electron chi connectivity index (χ3n) is 3.48. The van der Waals surface area contributed by atoms with Crippen molar-refractivity contribution in [2.75, 3.05) is 18.0 Å². The summed E-state index contributed by atoms with van der Waals surface area (Å²) in [6.07, 6.45) is 6.22. The zero-order valence-electron chi connectivity index (χ0n) is 11.5. The van der Waals surface area contributed by atoms with Crippen molar-refractivity contribution in [3.8, 4) is 0 Å². The molecule has 0 amide bonds. The average Bonchev–Trinajstić information content (AvgIpc) is 2.86. The van der Waals surface area contributed by atoms with Crippen molar-refractivity contribution in [1.82, 2.24) is 15.5 Å². The predicted octanol–water partition coefficient (Wildman–Crippen LogP) is 2.34. The molecule has 0 aromatic carbocycles. The number of anilines is 1. The van der Waals surface area contributed by atoms with E-state index in [4.69, 9.17) is 4.42 Å². The molecule has 0 aliphatic carbocycles. The molecule has 1 fully saturated rings. The molecule has 0 bridgehead atoms. The van der Waals surface area contributed by atoms with E-state index in [1.165, 1.54) is 32.1 Å². The van der Waals surface area contributed by atoms with Gasteiger partial charge in [-0.3, -0.25) is 0 Å². The second kappa shape index (κ2) is 6.73. The summed E-state index contributed by atoms with van der Waals surface area (Å²) >= 11 is 0. The van der Waals surface area contributed by atoms with Gasteiger partial charge in [0.25, 0.3) is 0 Å². The van der Waals surface area contributed by atoms with Gasteiger partial charge in [0.2, 0.25) is 5.89 Å². The van der Waals surface area contributed by atoms with Crippen molar-refractivity contribution in [1.29, 1.82) is 0 Å². The summed E-state index contributed by atoms with van der Waals surface area (Å²) in [6.45, 7) is 6.93. The van der Waals surface area contributed by atoms with Crippen LogP contribution in [0, 0.1) is 0 Å². The standard InChI is InChI=1S/C13H24N4O/c1-3-7-11-8-5-6-9-17(11)13-16-15-12(18-13)10-14-4-2/h11,14H,3-10H2,1-2H3. The van der Waals surface area contributed by atoms with Gasteiger partial charge in [0.05, 0.1) is 6.54 Å². The van der Waals surface area contributed by atoms with Crippen LogP contribution in [0.5, 0.6) is 0 Å². The van der Waals surface area contributed by atoms with Gasteiger partial charge in [-0.1, -0.05) is 25.4 Å². The van der Waals surface area contributed by atoms with E-state index < -0.39 is 0 Å². The van der Waals surface area contributed by atoms with Crippen LogP contribution in [0.4, 0.5) is 6.01 Å². The fourth-order valence-electron chi connectivity index (χ4n) is 2.55. The van der Waals surface area contributed by atoms with Crippen LogP contribution in [0.2, 0.25) is 0 Å². The molecular formula is C13H24N4O. The minimum Gasteiger partial charge on any atom is -0.407 e. The second-order valence-electron chi connectivity index (χ2n) is 4.89. The quantitative estimate of drug-likeness (QED) is 0.842. The van der Waals surface area contributed by atoms with Gasteiger partial charge in [-0.15, -0.1) is 5.10 Å². The van der Waals surface area contributed by atoms with Crippen molar-refractivity contribution in [3.63, 3.8) is 0 Å². The lowest BCUT2D eigenvalue weighted by Gasteiger charge is -2.34. The molecule has 1 aromatic heterocycles. The fraction of sp³-hybridized carbons (Fsp3) is 0.846. The summed E-state index contributed by atoms with van der Waals surface area (Å²) < 4.78 is 5.74. The maximum atomic E-state index is 5.74. The highest BCUT2D eigenvalue weighted by molar-refractivity contribution is 5.27. The van der Waals surface area contributed by atoms with Crippen LogP contribution in [0.1, 0.15) is 51.8 Å². The molecular weight excluding hydrogens is 228 g/mol. The molecule has 1 aromatic rings. The highest BCUT2D eigenvalue weighted by Crippen LogP contribution is 2.26. The number of hydrogen-bond acceptors (Lipinski definition) is 5. The Labute approximate surface area is 109 Å².